The van der Waals surface area contributed by atoms with Gasteiger partial charge < -0.3 is 10.3 Å². The van der Waals surface area contributed by atoms with Gasteiger partial charge in [-0.2, -0.15) is 5.10 Å². The van der Waals surface area contributed by atoms with Gasteiger partial charge in [-0.25, -0.2) is 26.9 Å². The van der Waals surface area contributed by atoms with E-state index in [-0.39, 0.29) is 29.1 Å². The Morgan fingerprint density at radius 3 is 2.52 bits per heavy atom. The van der Waals surface area contributed by atoms with Crippen LogP contribution in [0, 0.1) is 17.6 Å². The Kier molecular flexibility index (Phi) is 8.01. The van der Waals surface area contributed by atoms with Crippen LogP contribution in [0.2, 0.25) is 0 Å². The third-order valence-corrected chi connectivity index (χ3v) is 8.94. The van der Waals surface area contributed by atoms with Gasteiger partial charge in [0, 0.05) is 42.8 Å². The van der Waals surface area contributed by atoms with Gasteiger partial charge in [-0.1, -0.05) is 12.8 Å². The summed E-state index contributed by atoms with van der Waals surface area (Å²) in [6, 6.07) is 6.14. The minimum absolute atomic E-state index is 0.0802. The van der Waals surface area contributed by atoms with E-state index in [1.165, 1.54) is 44.0 Å². The molecule has 1 aliphatic carbocycles. The van der Waals surface area contributed by atoms with E-state index in [9.17, 15) is 12.8 Å². The second-order valence-electron chi connectivity index (χ2n) is 11.8. The van der Waals surface area contributed by atoms with Gasteiger partial charge in [0.2, 0.25) is 10.0 Å². The first kappa shape index (κ1) is 30.0. The molecule has 0 bridgehead atoms. The van der Waals surface area contributed by atoms with Crippen molar-refractivity contribution in [2.45, 2.75) is 38.8 Å². The molecule has 5 heterocycles. The first-order valence-corrected chi connectivity index (χ1v) is 16.9. The molecule has 7 rings (SSSR count). The van der Waals surface area contributed by atoms with Crippen LogP contribution in [-0.4, -0.2) is 56.3 Å². The maximum absolute atomic E-state index is 16.3. The van der Waals surface area contributed by atoms with E-state index in [1.54, 1.807) is 30.9 Å². The van der Waals surface area contributed by atoms with E-state index in [4.69, 9.17) is 4.98 Å². The van der Waals surface area contributed by atoms with Crippen LogP contribution >= 0.6 is 0 Å². The van der Waals surface area contributed by atoms with Crippen molar-refractivity contribution in [3.63, 3.8) is 0 Å². The lowest BCUT2D eigenvalue weighted by Crippen LogP contribution is -2.21. The molecule has 0 amide bonds. The van der Waals surface area contributed by atoms with E-state index < -0.39 is 21.7 Å². The molecule has 0 saturated heterocycles. The summed E-state index contributed by atoms with van der Waals surface area (Å²) in [4.78, 5) is 20.9. The Morgan fingerprint density at radius 2 is 1.70 bits per heavy atom. The molecule has 0 radical (unpaired) electrons. The Labute approximate surface area is 263 Å². The second-order valence-corrected chi connectivity index (χ2v) is 13.6. The van der Waals surface area contributed by atoms with Crippen LogP contribution < -0.4 is 10.0 Å². The van der Waals surface area contributed by atoms with Gasteiger partial charge in [-0.3, -0.25) is 20.1 Å². The van der Waals surface area contributed by atoms with Crippen molar-refractivity contribution in [3.05, 3.63) is 78.0 Å². The number of imidazole rings is 1. The largest absolute Gasteiger partial charge is 0.335 e. The molecule has 14 heteroatoms. The number of rotatable bonds is 10. The fraction of sp³-hybridized carbons (Fsp3) is 0.281. The van der Waals surface area contributed by atoms with E-state index in [1.807, 2.05) is 6.07 Å². The van der Waals surface area contributed by atoms with Crippen molar-refractivity contribution < 1.29 is 17.2 Å². The zero-order valence-corrected chi connectivity index (χ0v) is 25.8. The smallest absolute Gasteiger partial charge is 0.209 e. The Hall–Kier alpha value is -4.66. The molecule has 1 saturated carbocycles. The van der Waals surface area contributed by atoms with Crippen molar-refractivity contribution in [3.8, 4) is 33.9 Å². The summed E-state index contributed by atoms with van der Waals surface area (Å²) in [5.41, 5.74) is 4.66. The third-order valence-electron chi connectivity index (χ3n) is 8.28. The fourth-order valence-electron chi connectivity index (χ4n) is 6.08. The molecular weight excluding hydrogens is 612 g/mol. The van der Waals surface area contributed by atoms with E-state index >= 15 is 4.39 Å². The van der Waals surface area contributed by atoms with Gasteiger partial charge >= 0.3 is 0 Å². The summed E-state index contributed by atoms with van der Waals surface area (Å²) in [5.74, 6) is -0.118. The number of aromatic amines is 2. The normalized spacial score (nSPS) is 14.2. The number of hydrogen-bond donors (Lipinski definition) is 4. The number of pyridine rings is 3. The number of nitrogens with one attached hydrogen (secondary N) is 4. The molecule has 236 valence electrons. The summed E-state index contributed by atoms with van der Waals surface area (Å²) in [6.45, 7) is 1.51. The van der Waals surface area contributed by atoms with Gasteiger partial charge in [0.25, 0.3) is 0 Å². The molecule has 11 nitrogen and oxygen atoms in total. The molecule has 0 unspecified atom stereocenters. The summed E-state index contributed by atoms with van der Waals surface area (Å²) < 4.78 is 56.4. The highest BCUT2D eigenvalue weighted by atomic mass is 32.2. The minimum atomic E-state index is -3.47. The van der Waals surface area contributed by atoms with Crippen molar-refractivity contribution in [2.75, 3.05) is 12.8 Å². The molecule has 5 aromatic heterocycles. The Bertz CT molecular complexity index is 2180. The molecule has 0 atom stereocenters. The summed E-state index contributed by atoms with van der Waals surface area (Å²) in [6.07, 6.45) is 14.1. The summed E-state index contributed by atoms with van der Waals surface area (Å²) in [7, 11) is -3.47. The predicted octanol–water partition coefficient (Wildman–Crippen LogP) is 5.23. The molecule has 1 aliphatic rings. The highest BCUT2D eigenvalue weighted by Crippen LogP contribution is 2.34. The first-order chi connectivity index (χ1) is 22.2. The maximum Gasteiger partial charge on any atom is 0.209 e. The van der Waals surface area contributed by atoms with Crippen molar-refractivity contribution in [2.24, 2.45) is 5.92 Å². The van der Waals surface area contributed by atoms with Crippen LogP contribution in [-0.2, 0) is 23.1 Å². The summed E-state index contributed by atoms with van der Waals surface area (Å²) >= 11 is 0. The first-order valence-electron chi connectivity index (χ1n) is 15.0. The lowest BCUT2D eigenvalue weighted by molar-refractivity contribution is 0.489. The Balaban J connectivity index is 1.22. The number of sulfonamides is 1. The molecule has 4 N–H and O–H groups in total. The van der Waals surface area contributed by atoms with Crippen LogP contribution in [0.5, 0.6) is 0 Å². The van der Waals surface area contributed by atoms with Gasteiger partial charge in [-0.15, -0.1) is 0 Å². The third kappa shape index (κ3) is 6.23. The highest BCUT2D eigenvalue weighted by Gasteiger charge is 2.22. The highest BCUT2D eigenvalue weighted by molar-refractivity contribution is 7.88. The van der Waals surface area contributed by atoms with E-state index in [0.717, 1.165) is 18.4 Å². The van der Waals surface area contributed by atoms with Crippen LogP contribution in [0.25, 0.3) is 55.8 Å². The quantitative estimate of drug-likeness (QED) is 0.158. The van der Waals surface area contributed by atoms with Crippen LogP contribution in [0.1, 0.15) is 36.8 Å². The molecule has 0 spiro atoms. The topological polar surface area (TPSA) is 154 Å². The molecule has 1 aromatic carbocycles. The monoisotopic (exact) mass is 643 g/mol. The average Bonchev–Trinajstić information content (AvgIpc) is 3.80. The number of nitrogens with zero attached hydrogens (tertiary/aromatic N) is 5. The fourth-order valence-corrected chi connectivity index (χ4v) is 6.50. The molecule has 1 fully saturated rings. The zero-order chi connectivity index (χ0) is 31.8. The minimum Gasteiger partial charge on any atom is -0.335 e. The van der Waals surface area contributed by atoms with E-state index in [0.29, 0.717) is 51.3 Å². The number of fused-ring (bicyclic) bond motifs is 2. The van der Waals surface area contributed by atoms with Crippen molar-refractivity contribution in [1.82, 2.24) is 45.2 Å². The molecule has 0 aliphatic heterocycles. The van der Waals surface area contributed by atoms with Gasteiger partial charge in [0.15, 0.2) is 11.6 Å². The predicted molar refractivity (Wildman–Crippen MR) is 171 cm³/mol. The number of H-pyrrole nitrogens is 2. The molecule has 46 heavy (non-hydrogen) atoms. The second kappa shape index (κ2) is 12.3. The summed E-state index contributed by atoms with van der Waals surface area (Å²) in [5, 5.41) is 10.9. The van der Waals surface area contributed by atoms with Crippen molar-refractivity contribution >= 4 is 32.0 Å². The standard InChI is InChI=1S/C32H31F2N9O2S/c1-46(44,45)39-13-19-6-21(9-23(33)8-19)24-15-37-16-26-30(24)41-32(40-26)31-27-25(42-43-31)17-38-29(28(27)34)22-7-20(12-36-14-22)11-35-10-18-4-2-3-5-18/h6-9,12,14-18,35,39H,2-5,10-11,13H2,1H3,(H,40,41)(H,42,43). The zero-order valence-electron chi connectivity index (χ0n) is 24.9. The molecule has 6 aromatic rings. The van der Waals surface area contributed by atoms with Gasteiger partial charge in [-0.05, 0) is 66.3 Å². The number of halogens is 2. The SMILES string of the molecule is CS(=O)(=O)NCc1cc(F)cc(-c2cncc3[nH]c(-c4n[nH]c5cnc(-c6cncc(CNCC7CCCC7)c6)c(F)c45)nc23)c1. The lowest BCUT2D eigenvalue weighted by atomic mass is 10.0. The van der Waals surface area contributed by atoms with Crippen LogP contribution in [0.4, 0.5) is 8.78 Å². The van der Waals surface area contributed by atoms with Gasteiger partial charge in [0.1, 0.15) is 17.2 Å². The van der Waals surface area contributed by atoms with E-state index in [2.05, 4.69) is 40.2 Å². The van der Waals surface area contributed by atoms with Crippen LogP contribution in [0.3, 0.4) is 0 Å². The molecular formula is C32H31F2N9O2S. The average molecular weight is 644 g/mol. The number of benzene rings is 1. The van der Waals surface area contributed by atoms with Crippen molar-refractivity contribution in [1.29, 1.82) is 0 Å². The maximum atomic E-state index is 16.3. The lowest BCUT2D eigenvalue weighted by Gasteiger charge is -2.11. The number of aromatic nitrogens is 7. The number of hydrogen-bond acceptors (Lipinski definition) is 8. The van der Waals surface area contributed by atoms with Crippen LogP contribution in [0.15, 0.2) is 55.2 Å². The Morgan fingerprint density at radius 1 is 0.891 bits per heavy atom. The van der Waals surface area contributed by atoms with Gasteiger partial charge in [0.05, 0.1) is 40.6 Å².